The molecule has 0 saturated carbocycles. The first-order valence-electron chi connectivity index (χ1n) is 8.98. The van der Waals surface area contributed by atoms with Crippen LogP contribution in [0.4, 0.5) is 5.69 Å². The van der Waals surface area contributed by atoms with E-state index in [2.05, 4.69) is 28.7 Å². The molecule has 2 aliphatic heterocycles. The molecule has 1 spiro atoms. The molecule has 0 N–H and O–H groups in total. The van der Waals surface area contributed by atoms with Crippen LogP contribution in [0, 0.1) is 13.7 Å². The van der Waals surface area contributed by atoms with E-state index in [0.29, 0.717) is 14.9 Å². The summed E-state index contributed by atoms with van der Waals surface area (Å²) in [7, 11) is 0. The van der Waals surface area contributed by atoms with Crippen LogP contribution in [0.1, 0.15) is 16.7 Å². The van der Waals surface area contributed by atoms with E-state index in [0.717, 1.165) is 22.4 Å². The van der Waals surface area contributed by atoms with Crippen LogP contribution in [0.2, 0.25) is 0 Å². The van der Waals surface area contributed by atoms with E-state index < -0.39 is 10.7 Å². The first-order chi connectivity index (χ1) is 14.1. The molecular formula is C23H14INO4. The molecular weight excluding hydrogens is 481 g/mol. The van der Waals surface area contributed by atoms with E-state index in [-0.39, 0.29) is 5.69 Å². The predicted molar refractivity (Wildman–Crippen MR) is 120 cm³/mol. The number of hydrogen-bond acceptors (Lipinski definition) is 4. The number of para-hydroxylation sites is 1. The van der Waals surface area contributed by atoms with Crippen molar-refractivity contribution in [2.45, 2.75) is 5.79 Å². The van der Waals surface area contributed by atoms with E-state index in [1.54, 1.807) is 0 Å². The Morgan fingerprint density at radius 1 is 0.931 bits per heavy atom. The van der Waals surface area contributed by atoms with Gasteiger partial charge in [0.2, 0.25) is 0 Å². The maximum atomic E-state index is 11.2. The number of hydrogen-bond donors (Lipinski definition) is 0. The quantitative estimate of drug-likeness (QED) is 0.251. The van der Waals surface area contributed by atoms with Crippen LogP contribution >= 0.6 is 22.6 Å². The van der Waals surface area contributed by atoms with Crippen molar-refractivity contribution in [3.05, 3.63) is 103 Å². The standard InChI is InChI=1S/C23H14INO4/c24-20-14-18(25(26)27)12-17-10-11-23(29-22(17)20)19(15-6-2-1-3-7-15)13-16-8-4-5-9-21(16)28-23/h1-14H. The normalized spacial score (nSPS) is 18.9. The van der Waals surface area contributed by atoms with Gasteiger partial charge in [0.25, 0.3) is 11.5 Å². The van der Waals surface area contributed by atoms with Crippen LogP contribution < -0.4 is 9.47 Å². The number of ether oxygens (including phenoxy) is 2. The zero-order valence-electron chi connectivity index (χ0n) is 15.0. The fourth-order valence-corrected chi connectivity index (χ4v) is 4.33. The molecule has 0 radical (unpaired) electrons. The maximum Gasteiger partial charge on any atom is 0.299 e. The molecule has 142 valence electrons. The molecule has 3 aromatic rings. The molecule has 2 heterocycles. The third-order valence-electron chi connectivity index (χ3n) is 4.94. The summed E-state index contributed by atoms with van der Waals surface area (Å²) in [6, 6.07) is 20.7. The first kappa shape index (κ1) is 17.9. The molecule has 29 heavy (non-hydrogen) atoms. The summed E-state index contributed by atoms with van der Waals surface area (Å²) in [4.78, 5) is 10.8. The number of fused-ring (bicyclic) bond motifs is 2. The summed E-state index contributed by atoms with van der Waals surface area (Å²) in [5.74, 6) is 0.135. The zero-order chi connectivity index (χ0) is 20.0. The second-order valence-electron chi connectivity index (χ2n) is 6.77. The smallest absolute Gasteiger partial charge is 0.299 e. The van der Waals surface area contributed by atoms with Gasteiger partial charge in [-0.3, -0.25) is 10.1 Å². The van der Waals surface area contributed by atoms with Gasteiger partial charge in [-0.1, -0.05) is 48.5 Å². The van der Waals surface area contributed by atoms with Crippen LogP contribution in [-0.4, -0.2) is 10.7 Å². The second-order valence-corrected chi connectivity index (χ2v) is 7.93. The molecule has 2 aliphatic rings. The lowest BCUT2D eigenvalue weighted by Crippen LogP contribution is -2.44. The number of nitro groups is 1. The van der Waals surface area contributed by atoms with Crippen molar-refractivity contribution in [3.63, 3.8) is 0 Å². The van der Waals surface area contributed by atoms with Crippen LogP contribution in [0.5, 0.6) is 11.5 Å². The van der Waals surface area contributed by atoms with E-state index in [9.17, 15) is 10.1 Å². The lowest BCUT2D eigenvalue weighted by atomic mass is 9.90. The summed E-state index contributed by atoms with van der Waals surface area (Å²) in [5, 5.41) is 11.2. The number of nitro benzene ring substituents is 1. The molecule has 0 aliphatic carbocycles. The Morgan fingerprint density at radius 3 is 2.48 bits per heavy atom. The van der Waals surface area contributed by atoms with Gasteiger partial charge in [0.15, 0.2) is 0 Å². The lowest BCUT2D eigenvalue weighted by molar-refractivity contribution is -0.385. The maximum absolute atomic E-state index is 11.2. The SMILES string of the molecule is O=[N+]([O-])c1cc(I)c2c(c1)C=CC1(Oc3ccccc3C=C1c1ccccc1)O2. The third kappa shape index (κ3) is 3.00. The van der Waals surface area contributed by atoms with E-state index in [1.165, 1.54) is 12.1 Å². The second kappa shape index (κ2) is 6.73. The monoisotopic (exact) mass is 495 g/mol. The number of non-ortho nitro benzene ring substituents is 1. The van der Waals surface area contributed by atoms with Crippen molar-refractivity contribution in [2.75, 3.05) is 0 Å². The molecule has 0 bridgehead atoms. The molecule has 1 unspecified atom stereocenters. The summed E-state index contributed by atoms with van der Waals surface area (Å²) < 4.78 is 13.5. The molecule has 3 aromatic carbocycles. The fraction of sp³-hybridized carbons (Fsp3) is 0.0435. The van der Waals surface area contributed by atoms with Gasteiger partial charge in [-0.15, -0.1) is 0 Å². The molecule has 0 fully saturated rings. The molecule has 5 nitrogen and oxygen atoms in total. The first-order valence-corrected chi connectivity index (χ1v) is 10.1. The van der Waals surface area contributed by atoms with Crippen molar-refractivity contribution in [3.8, 4) is 11.5 Å². The van der Waals surface area contributed by atoms with Crippen LogP contribution in [-0.2, 0) is 0 Å². The number of rotatable bonds is 2. The summed E-state index contributed by atoms with van der Waals surface area (Å²) in [6.45, 7) is 0. The van der Waals surface area contributed by atoms with Gasteiger partial charge in [0.05, 0.1) is 8.49 Å². The highest BCUT2D eigenvalue weighted by Crippen LogP contribution is 2.47. The summed E-state index contributed by atoms with van der Waals surface area (Å²) >= 11 is 2.07. The van der Waals surface area contributed by atoms with Gasteiger partial charge in [0.1, 0.15) is 11.5 Å². The number of nitrogens with zero attached hydrogens (tertiary/aromatic N) is 1. The average molecular weight is 495 g/mol. The highest BCUT2D eigenvalue weighted by molar-refractivity contribution is 14.1. The van der Waals surface area contributed by atoms with Gasteiger partial charge < -0.3 is 9.47 Å². The largest absolute Gasteiger partial charge is 0.444 e. The van der Waals surface area contributed by atoms with Crippen LogP contribution in [0.25, 0.3) is 17.7 Å². The van der Waals surface area contributed by atoms with Gasteiger partial charge in [0, 0.05) is 34.9 Å². The Hall–Kier alpha value is -3.13. The third-order valence-corrected chi connectivity index (χ3v) is 5.75. The topological polar surface area (TPSA) is 61.6 Å². The van der Waals surface area contributed by atoms with Gasteiger partial charge in [-0.25, -0.2) is 0 Å². The molecule has 1 atom stereocenters. The molecule has 6 heteroatoms. The Balaban J connectivity index is 1.69. The highest BCUT2D eigenvalue weighted by Gasteiger charge is 2.43. The fourth-order valence-electron chi connectivity index (χ4n) is 3.59. The predicted octanol–water partition coefficient (Wildman–Crippen LogP) is 5.93. The lowest BCUT2D eigenvalue weighted by Gasteiger charge is -2.39. The molecule has 5 rings (SSSR count). The zero-order valence-corrected chi connectivity index (χ0v) is 17.2. The molecule has 0 amide bonds. The van der Waals surface area contributed by atoms with Gasteiger partial charge >= 0.3 is 0 Å². The Bertz CT molecular complexity index is 1200. The van der Waals surface area contributed by atoms with Crippen molar-refractivity contribution in [2.24, 2.45) is 0 Å². The Labute approximate surface area is 180 Å². The van der Waals surface area contributed by atoms with Gasteiger partial charge in [-0.05, 0) is 46.4 Å². The minimum Gasteiger partial charge on any atom is -0.444 e. The average Bonchev–Trinajstić information content (AvgIpc) is 2.74. The van der Waals surface area contributed by atoms with Gasteiger partial charge in [-0.2, -0.15) is 0 Å². The van der Waals surface area contributed by atoms with Crippen molar-refractivity contribution in [1.29, 1.82) is 0 Å². The van der Waals surface area contributed by atoms with E-state index in [4.69, 9.17) is 9.47 Å². The van der Waals surface area contributed by atoms with E-state index >= 15 is 0 Å². The molecule has 0 aromatic heterocycles. The molecule has 0 saturated heterocycles. The number of benzene rings is 3. The Morgan fingerprint density at radius 2 is 1.69 bits per heavy atom. The summed E-state index contributed by atoms with van der Waals surface area (Å²) in [5.41, 5.74) is 3.51. The highest BCUT2D eigenvalue weighted by atomic mass is 127. The van der Waals surface area contributed by atoms with E-state index in [1.807, 2.05) is 66.7 Å². The van der Waals surface area contributed by atoms with Crippen molar-refractivity contribution < 1.29 is 14.4 Å². The summed E-state index contributed by atoms with van der Waals surface area (Å²) in [6.07, 6.45) is 5.73. The van der Waals surface area contributed by atoms with Crippen molar-refractivity contribution >= 4 is 46.0 Å². The Kier molecular flexibility index (Phi) is 4.16. The number of halogens is 1. The minimum absolute atomic E-state index is 0.0334. The van der Waals surface area contributed by atoms with Crippen LogP contribution in [0.3, 0.4) is 0 Å². The van der Waals surface area contributed by atoms with Crippen LogP contribution in [0.15, 0.2) is 72.8 Å². The minimum atomic E-state index is -1.15. The van der Waals surface area contributed by atoms with Crippen molar-refractivity contribution in [1.82, 2.24) is 0 Å².